The summed E-state index contributed by atoms with van der Waals surface area (Å²) in [6.45, 7) is -0.428. The second kappa shape index (κ2) is 10.3. The van der Waals surface area contributed by atoms with Gasteiger partial charge in [0.15, 0.2) is 6.61 Å². The predicted molar refractivity (Wildman–Crippen MR) is 136 cm³/mol. The van der Waals surface area contributed by atoms with Gasteiger partial charge in [0.05, 0.1) is 25.1 Å². The maximum Gasteiger partial charge on any atom is 0.331 e. The number of benzene rings is 3. The molecule has 1 aromatic heterocycles. The number of nitrogens with zero attached hydrogens (tertiary/aromatic N) is 2. The van der Waals surface area contributed by atoms with Crippen molar-refractivity contribution in [1.82, 2.24) is 5.01 Å². The minimum Gasteiger partial charge on any atom is -0.497 e. The number of amides is 1. The molecule has 4 aromatic rings. The topological polar surface area (TPSA) is 81.3 Å². The molecule has 180 valence electrons. The fraction of sp³-hybridized carbons (Fsp3) is 0.138. The van der Waals surface area contributed by atoms with E-state index in [0.717, 1.165) is 33.4 Å². The van der Waals surface area contributed by atoms with E-state index in [-0.39, 0.29) is 6.04 Å². The third kappa shape index (κ3) is 5.05. The molecule has 0 N–H and O–H groups in total. The number of furan rings is 1. The molecule has 0 saturated heterocycles. The molecule has 0 bridgehead atoms. The zero-order valence-electron chi connectivity index (χ0n) is 19.7. The van der Waals surface area contributed by atoms with Crippen LogP contribution in [0.3, 0.4) is 0 Å². The summed E-state index contributed by atoms with van der Waals surface area (Å²) in [7, 11) is 1.61. The van der Waals surface area contributed by atoms with Crippen molar-refractivity contribution < 1.29 is 23.5 Å². The fourth-order valence-corrected chi connectivity index (χ4v) is 4.15. The van der Waals surface area contributed by atoms with Crippen LogP contribution in [0.4, 0.5) is 0 Å². The lowest BCUT2D eigenvalue weighted by molar-refractivity contribution is -0.149. The van der Waals surface area contributed by atoms with E-state index in [1.54, 1.807) is 19.2 Å². The second-order valence-corrected chi connectivity index (χ2v) is 8.30. The van der Waals surface area contributed by atoms with E-state index in [1.165, 1.54) is 23.4 Å². The number of ether oxygens (including phenoxy) is 2. The minimum atomic E-state index is -0.640. The molecule has 0 spiro atoms. The number of hydrogen-bond donors (Lipinski definition) is 0. The molecule has 0 unspecified atom stereocenters. The van der Waals surface area contributed by atoms with Crippen LogP contribution in [-0.2, 0) is 14.3 Å². The van der Waals surface area contributed by atoms with Crippen LogP contribution in [0.25, 0.3) is 16.8 Å². The van der Waals surface area contributed by atoms with Gasteiger partial charge in [0.25, 0.3) is 5.91 Å². The summed E-state index contributed by atoms with van der Waals surface area (Å²) >= 11 is 0. The number of carbonyl (C=O) groups excluding carboxylic acids is 2. The number of hydrogen-bond acceptors (Lipinski definition) is 6. The van der Waals surface area contributed by atoms with E-state index < -0.39 is 18.5 Å². The fourth-order valence-electron chi connectivity index (χ4n) is 4.15. The summed E-state index contributed by atoms with van der Waals surface area (Å²) in [5.41, 5.74) is 2.65. The summed E-state index contributed by atoms with van der Waals surface area (Å²) in [6.07, 6.45) is 4.74. The monoisotopic (exact) mass is 480 g/mol. The third-order valence-corrected chi connectivity index (χ3v) is 6.01. The van der Waals surface area contributed by atoms with Crippen LogP contribution in [0.15, 0.2) is 101 Å². The molecular formula is C29H24N2O5. The Bertz CT molecular complexity index is 1440. The van der Waals surface area contributed by atoms with Gasteiger partial charge in [-0.3, -0.25) is 4.79 Å². The highest BCUT2D eigenvalue weighted by Crippen LogP contribution is 2.34. The summed E-state index contributed by atoms with van der Waals surface area (Å²) in [5, 5.41) is 8.32. The van der Waals surface area contributed by atoms with E-state index >= 15 is 0 Å². The summed E-state index contributed by atoms with van der Waals surface area (Å²) < 4.78 is 15.6. The molecule has 7 heteroatoms. The van der Waals surface area contributed by atoms with Crippen molar-refractivity contribution in [1.29, 1.82) is 0 Å². The number of esters is 1. The largest absolute Gasteiger partial charge is 0.497 e. The Kier molecular flexibility index (Phi) is 6.62. The van der Waals surface area contributed by atoms with E-state index in [1.807, 2.05) is 54.6 Å². The van der Waals surface area contributed by atoms with Gasteiger partial charge in [-0.15, -0.1) is 0 Å². The molecule has 0 saturated carbocycles. The first-order chi connectivity index (χ1) is 17.6. The van der Waals surface area contributed by atoms with Crippen molar-refractivity contribution in [2.45, 2.75) is 12.5 Å². The zero-order chi connectivity index (χ0) is 24.9. The number of hydrazone groups is 1. The van der Waals surface area contributed by atoms with Gasteiger partial charge in [-0.05, 0) is 58.3 Å². The van der Waals surface area contributed by atoms with Crippen LogP contribution in [0, 0.1) is 0 Å². The third-order valence-electron chi connectivity index (χ3n) is 6.01. The highest BCUT2D eigenvalue weighted by molar-refractivity contribution is 6.05. The molecule has 7 nitrogen and oxygen atoms in total. The van der Waals surface area contributed by atoms with Gasteiger partial charge >= 0.3 is 5.97 Å². The molecule has 1 aliphatic rings. The first-order valence-electron chi connectivity index (χ1n) is 11.5. The van der Waals surface area contributed by atoms with Crippen molar-refractivity contribution in [3.05, 3.63) is 108 Å². The van der Waals surface area contributed by atoms with Gasteiger partial charge in [0, 0.05) is 12.5 Å². The highest BCUT2D eigenvalue weighted by atomic mass is 16.5. The number of carbonyl (C=O) groups is 2. The number of fused-ring (bicyclic) bond motifs is 1. The highest BCUT2D eigenvalue weighted by Gasteiger charge is 2.33. The molecule has 0 radical (unpaired) electrons. The van der Waals surface area contributed by atoms with E-state index in [2.05, 4.69) is 17.2 Å². The Labute approximate surface area is 208 Å². The molecule has 1 amide bonds. The Morgan fingerprint density at radius 2 is 1.83 bits per heavy atom. The molecule has 5 rings (SSSR count). The van der Waals surface area contributed by atoms with Crippen molar-refractivity contribution in [2.75, 3.05) is 13.7 Å². The number of methoxy groups -OCH3 is 1. The molecule has 2 heterocycles. The van der Waals surface area contributed by atoms with Crippen LogP contribution < -0.4 is 4.74 Å². The number of rotatable bonds is 7. The van der Waals surface area contributed by atoms with Crippen LogP contribution in [0.1, 0.15) is 29.3 Å². The predicted octanol–water partition coefficient (Wildman–Crippen LogP) is 5.38. The van der Waals surface area contributed by atoms with E-state index in [4.69, 9.17) is 13.9 Å². The average molecular weight is 481 g/mol. The summed E-state index contributed by atoms with van der Waals surface area (Å²) in [4.78, 5) is 25.3. The summed E-state index contributed by atoms with van der Waals surface area (Å²) in [6, 6.07) is 24.9. The zero-order valence-corrected chi connectivity index (χ0v) is 19.7. The van der Waals surface area contributed by atoms with Gasteiger partial charge in [0.1, 0.15) is 11.5 Å². The van der Waals surface area contributed by atoms with E-state index in [0.29, 0.717) is 12.2 Å². The molecule has 3 aromatic carbocycles. The van der Waals surface area contributed by atoms with E-state index in [9.17, 15) is 9.59 Å². The van der Waals surface area contributed by atoms with Crippen LogP contribution >= 0.6 is 0 Å². The van der Waals surface area contributed by atoms with Gasteiger partial charge in [0.2, 0.25) is 0 Å². The second-order valence-electron chi connectivity index (χ2n) is 8.30. The molecular weight excluding hydrogens is 456 g/mol. The Hall–Kier alpha value is -4.65. The molecule has 0 fully saturated rings. The summed E-state index contributed by atoms with van der Waals surface area (Å²) in [5.74, 6) is 0.189. The van der Waals surface area contributed by atoms with Gasteiger partial charge < -0.3 is 13.9 Å². The van der Waals surface area contributed by atoms with Gasteiger partial charge in [-0.1, -0.05) is 48.5 Å². The molecule has 1 aliphatic heterocycles. The Morgan fingerprint density at radius 1 is 1.03 bits per heavy atom. The van der Waals surface area contributed by atoms with Gasteiger partial charge in [-0.25, -0.2) is 9.80 Å². The van der Waals surface area contributed by atoms with Crippen molar-refractivity contribution in [2.24, 2.45) is 5.10 Å². The molecule has 36 heavy (non-hydrogen) atoms. The van der Waals surface area contributed by atoms with Crippen molar-refractivity contribution in [3.63, 3.8) is 0 Å². The lowest BCUT2D eigenvalue weighted by Crippen LogP contribution is -2.31. The Balaban J connectivity index is 1.37. The minimum absolute atomic E-state index is 0.331. The Morgan fingerprint density at radius 3 is 2.58 bits per heavy atom. The normalized spacial score (nSPS) is 15.3. The molecule has 0 aliphatic carbocycles. The first-order valence-corrected chi connectivity index (χ1v) is 11.5. The van der Waals surface area contributed by atoms with Crippen molar-refractivity contribution >= 4 is 34.4 Å². The standard InChI is InChI=1S/C29H24N2O5/c1-34-24-12-10-21(11-13-24)27-18-26(23-9-8-20-5-2-3-6-22(20)17-23)30-31(27)28(32)19-36-29(33)15-14-25-7-4-16-35-25/h2-17,27H,18-19H2,1H3/b15-14+/t27-/m1/s1. The van der Waals surface area contributed by atoms with Crippen LogP contribution in [-0.4, -0.2) is 36.3 Å². The quantitative estimate of drug-likeness (QED) is 0.262. The smallest absolute Gasteiger partial charge is 0.331 e. The molecule has 1 atom stereocenters. The SMILES string of the molecule is COc1ccc([C@H]2CC(c3ccc4ccccc4c3)=NN2C(=O)COC(=O)/C=C/c2ccco2)cc1. The van der Waals surface area contributed by atoms with Gasteiger partial charge in [-0.2, -0.15) is 5.10 Å². The maximum atomic E-state index is 13.2. The lowest BCUT2D eigenvalue weighted by Gasteiger charge is -2.22. The maximum absolute atomic E-state index is 13.2. The first kappa shape index (κ1) is 23.1. The van der Waals surface area contributed by atoms with Crippen molar-refractivity contribution in [3.8, 4) is 5.75 Å². The lowest BCUT2D eigenvalue weighted by atomic mass is 9.97. The van der Waals surface area contributed by atoms with Crippen LogP contribution in [0.5, 0.6) is 5.75 Å². The van der Waals surface area contributed by atoms with Crippen LogP contribution in [0.2, 0.25) is 0 Å². The average Bonchev–Trinajstić information content (AvgIpc) is 3.61.